The van der Waals surface area contributed by atoms with Crippen LogP contribution in [0.15, 0.2) is 52.5 Å². The molecular weight excluding hydrogens is 429 g/mol. The molecule has 0 aliphatic carbocycles. The Morgan fingerprint density at radius 2 is 2.03 bits per heavy atom. The van der Waals surface area contributed by atoms with E-state index in [-0.39, 0.29) is 16.6 Å². The summed E-state index contributed by atoms with van der Waals surface area (Å²) in [5.41, 5.74) is 0.707. The third-order valence-corrected chi connectivity index (χ3v) is 7.57. The van der Waals surface area contributed by atoms with Gasteiger partial charge in [-0.2, -0.15) is 4.31 Å². The van der Waals surface area contributed by atoms with Crippen LogP contribution in [0.2, 0.25) is 0 Å². The van der Waals surface area contributed by atoms with Crippen LogP contribution in [0.1, 0.15) is 12.5 Å². The van der Waals surface area contributed by atoms with Crippen molar-refractivity contribution >= 4 is 27.7 Å². The highest BCUT2D eigenvalue weighted by Gasteiger charge is 2.27. The number of benzene rings is 1. The number of thioether (sulfide) groups is 1. The van der Waals surface area contributed by atoms with Crippen molar-refractivity contribution in [1.29, 1.82) is 0 Å². The lowest BCUT2D eigenvalue weighted by atomic mass is 10.2. The molecule has 1 aromatic carbocycles. The average molecular weight is 454 g/mol. The van der Waals surface area contributed by atoms with Gasteiger partial charge in [0.1, 0.15) is 10.7 Å². The van der Waals surface area contributed by atoms with Gasteiger partial charge in [0.15, 0.2) is 0 Å². The van der Waals surface area contributed by atoms with Crippen molar-refractivity contribution in [3.8, 4) is 0 Å². The van der Waals surface area contributed by atoms with E-state index in [1.165, 1.54) is 45.4 Å². The molecule has 162 valence electrons. The molecule has 3 rings (SSSR count). The Kier molecular flexibility index (Phi) is 7.45. The van der Waals surface area contributed by atoms with Crippen LogP contribution in [0.25, 0.3) is 0 Å². The Balaban J connectivity index is 1.60. The Morgan fingerprint density at radius 3 is 2.67 bits per heavy atom. The molecular formula is C20H24FN3O4S2. The summed E-state index contributed by atoms with van der Waals surface area (Å²) in [5.74, 6) is -0.469. The number of pyridine rings is 1. The third kappa shape index (κ3) is 5.57. The fraction of sp³-hybridized carbons (Fsp3) is 0.400. The molecule has 0 saturated carbocycles. The normalized spacial score (nSPS) is 16.2. The third-order valence-electron chi connectivity index (χ3n) is 4.65. The summed E-state index contributed by atoms with van der Waals surface area (Å²) < 4.78 is 45.2. The van der Waals surface area contributed by atoms with Gasteiger partial charge in [0, 0.05) is 32.9 Å². The number of amides is 1. The summed E-state index contributed by atoms with van der Waals surface area (Å²) in [7, 11) is -1.94. The van der Waals surface area contributed by atoms with E-state index in [9.17, 15) is 17.6 Å². The molecule has 7 nitrogen and oxygen atoms in total. The van der Waals surface area contributed by atoms with Crippen LogP contribution in [-0.2, 0) is 26.1 Å². The molecule has 1 fully saturated rings. The predicted octanol–water partition coefficient (Wildman–Crippen LogP) is 2.38. The molecule has 10 heteroatoms. The smallest absolute Gasteiger partial charge is 0.244 e. The molecule has 1 saturated heterocycles. The summed E-state index contributed by atoms with van der Waals surface area (Å²) in [6.07, 6.45) is 1.32. The fourth-order valence-corrected chi connectivity index (χ4v) is 5.31. The average Bonchev–Trinajstić information content (AvgIpc) is 2.74. The largest absolute Gasteiger partial charge is 0.379 e. The number of morpholine rings is 1. The van der Waals surface area contributed by atoms with Crippen LogP contribution in [0.4, 0.5) is 4.39 Å². The maximum Gasteiger partial charge on any atom is 0.244 e. The van der Waals surface area contributed by atoms with Gasteiger partial charge in [-0.15, -0.1) is 0 Å². The number of carbonyl (C=O) groups is 1. The van der Waals surface area contributed by atoms with Gasteiger partial charge in [0.25, 0.3) is 0 Å². The highest BCUT2D eigenvalue weighted by atomic mass is 32.2. The van der Waals surface area contributed by atoms with Crippen LogP contribution in [0, 0.1) is 5.82 Å². The first kappa shape index (κ1) is 22.7. The van der Waals surface area contributed by atoms with Crippen LogP contribution in [-0.4, -0.2) is 67.1 Å². The molecule has 0 spiro atoms. The van der Waals surface area contributed by atoms with Gasteiger partial charge in [0.05, 0.1) is 23.5 Å². The van der Waals surface area contributed by atoms with Gasteiger partial charge >= 0.3 is 0 Å². The Bertz CT molecular complexity index is 980. The molecule has 30 heavy (non-hydrogen) atoms. The summed E-state index contributed by atoms with van der Waals surface area (Å²) >= 11 is 1.24. The second-order valence-corrected chi connectivity index (χ2v) is 10.2. The van der Waals surface area contributed by atoms with E-state index in [2.05, 4.69) is 4.98 Å². The van der Waals surface area contributed by atoms with E-state index >= 15 is 0 Å². The van der Waals surface area contributed by atoms with Gasteiger partial charge in [-0.05, 0) is 36.8 Å². The van der Waals surface area contributed by atoms with E-state index in [0.717, 1.165) is 0 Å². The number of carbonyl (C=O) groups excluding carboxylic acids is 1. The number of nitrogens with zero attached hydrogens (tertiary/aromatic N) is 3. The van der Waals surface area contributed by atoms with Crippen LogP contribution >= 0.6 is 11.8 Å². The Hall–Kier alpha value is -2.01. The fourth-order valence-electron chi connectivity index (χ4n) is 3.05. The first-order valence-corrected chi connectivity index (χ1v) is 11.8. The van der Waals surface area contributed by atoms with Crippen molar-refractivity contribution in [2.24, 2.45) is 0 Å². The molecule has 2 aromatic rings. The van der Waals surface area contributed by atoms with Crippen LogP contribution in [0.3, 0.4) is 0 Å². The number of sulfonamides is 1. The van der Waals surface area contributed by atoms with Gasteiger partial charge in [-0.3, -0.25) is 4.79 Å². The van der Waals surface area contributed by atoms with E-state index in [0.29, 0.717) is 43.4 Å². The zero-order valence-electron chi connectivity index (χ0n) is 16.8. The SMILES string of the molecule is C[C@H](Sc1ccc(S(=O)(=O)N2CCOCC2)cn1)C(=O)N(C)Cc1cccc(F)c1. The quantitative estimate of drug-likeness (QED) is 0.599. The molecule has 0 N–H and O–H groups in total. The van der Waals surface area contributed by atoms with Crippen molar-refractivity contribution in [2.45, 2.75) is 28.6 Å². The second-order valence-electron chi connectivity index (χ2n) is 6.93. The summed E-state index contributed by atoms with van der Waals surface area (Å²) in [4.78, 5) is 18.5. The molecule has 1 atom stereocenters. The van der Waals surface area contributed by atoms with Crippen molar-refractivity contribution < 1.29 is 22.3 Å². The zero-order valence-corrected chi connectivity index (χ0v) is 18.5. The van der Waals surface area contributed by atoms with E-state index in [1.54, 1.807) is 32.2 Å². The van der Waals surface area contributed by atoms with Crippen molar-refractivity contribution in [2.75, 3.05) is 33.4 Å². The van der Waals surface area contributed by atoms with Gasteiger partial charge in [-0.25, -0.2) is 17.8 Å². The maximum absolute atomic E-state index is 13.3. The highest BCUT2D eigenvalue weighted by Crippen LogP contribution is 2.25. The first-order chi connectivity index (χ1) is 14.3. The van der Waals surface area contributed by atoms with Crippen LogP contribution in [0.5, 0.6) is 0 Å². The number of hydrogen-bond donors (Lipinski definition) is 0. The van der Waals surface area contributed by atoms with E-state index < -0.39 is 15.3 Å². The molecule has 0 radical (unpaired) electrons. The number of hydrogen-bond acceptors (Lipinski definition) is 6. The molecule has 2 heterocycles. The van der Waals surface area contributed by atoms with Gasteiger partial charge < -0.3 is 9.64 Å². The lowest BCUT2D eigenvalue weighted by Gasteiger charge is -2.26. The number of ether oxygens (including phenoxy) is 1. The minimum atomic E-state index is -3.60. The topological polar surface area (TPSA) is 79.8 Å². The molecule has 1 aliphatic heterocycles. The Labute approximate surface area is 180 Å². The molecule has 1 amide bonds. The van der Waals surface area contributed by atoms with Crippen LogP contribution < -0.4 is 0 Å². The number of rotatable bonds is 7. The van der Waals surface area contributed by atoms with Crippen molar-refractivity contribution in [1.82, 2.24) is 14.2 Å². The second kappa shape index (κ2) is 9.86. The van der Waals surface area contributed by atoms with E-state index in [1.807, 2.05) is 0 Å². The Morgan fingerprint density at radius 1 is 1.30 bits per heavy atom. The maximum atomic E-state index is 13.3. The highest BCUT2D eigenvalue weighted by molar-refractivity contribution is 8.00. The number of halogens is 1. The minimum absolute atomic E-state index is 0.121. The molecule has 0 bridgehead atoms. The lowest BCUT2D eigenvalue weighted by molar-refractivity contribution is -0.129. The predicted molar refractivity (Wildman–Crippen MR) is 112 cm³/mol. The molecule has 0 unspecified atom stereocenters. The van der Waals surface area contributed by atoms with E-state index in [4.69, 9.17) is 4.74 Å². The summed E-state index contributed by atoms with van der Waals surface area (Å²) in [6, 6.07) is 9.24. The monoisotopic (exact) mass is 453 g/mol. The number of aromatic nitrogens is 1. The first-order valence-electron chi connectivity index (χ1n) is 9.47. The summed E-state index contributed by atoms with van der Waals surface area (Å²) in [6.45, 7) is 3.46. The van der Waals surface area contributed by atoms with Gasteiger partial charge in [0.2, 0.25) is 15.9 Å². The molecule has 1 aromatic heterocycles. The summed E-state index contributed by atoms with van der Waals surface area (Å²) in [5, 5.41) is 0.119. The molecule has 1 aliphatic rings. The lowest BCUT2D eigenvalue weighted by Crippen LogP contribution is -2.40. The zero-order chi connectivity index (χ0) is 21.7. The van der Waals surface area contributed by atoms with Crippen molar-refractivity contribution in [3.63, 3.8) is 0 Å². The van der Waals surface area contributed by atoms with Crippen molar-refractivity contribution in [3.05, 3.63) is 54.0 Å². The minimum Gasteiger partial charge on any atom is -0.379 e. The standard InChI is InChI=1S/C20H24FN3O4S2/c1-15(20(25)23(2)14-16-4-3-5-17(21)12-16)29-19-7-6-18(13-22-19)30(26,27)24-8-10-28-11-9-24/h3-7,12-13,15H,8-11,14H2,1-2H3/t15-/m0/s1. The van der Waals surface area contributed by atoms with Gasteiger partial charge in [-0.1, -0.05) is 23.9 Å².